The Morgan fingerprint density at radius 1 is 0.962 bits per heavy atom. The van der Waals surface area contributed by atoms with Crippen LogP contribution in [-0.4, -0.2) is 9.78 Å². The molecule has 0 aliphatic rings. The maximum Gasteiger partial charge on any atom is 0.276 e. The summed E-state index contributed by atoms with van der Waals surface area (Å²) in [4.78, 5) is 13.0. The molecule has 0 amide bonds. The van der Waals surface area contributed by atoms with Gasteiger partial charge in [0.15, 0.2) is 0 Å². The van der Waals surface area contributed by atoms with Gasteiger partial charge in [-0.3, -0.25) is 4.79 Å². The van der Waals surface area contributed by atoms with Gasteiger partial charge in [-0.2, -0.15) is 5.10 Å². The van der Waals surface area contributed by atoms with Crippen molar-refractivity contribution in [3.63, 3.8) is 0 Å². The smallest absolute Gasteiger partial charge is 0.267 e. The van der Waals surface area contributed by atoms with Crippen LogP contribution in [0.15, 0.2) is 82.2 Å². The molecule has 3 aromatic carbocycles. The van der Waals surface area contributed by atoms with E-state index in [1.165, 1.54) is 16.9 Å². The lowest BCUT2D eigenvalue weighted by atomic mass is 10.0. The summed E-state index contributed by atoms with van der Waals surface area (Å²) in [5, 5.41) is 6.40. The van der Waals surface area contributed by atoms with Crippen molar-refractivity contribution in [3.8, 4) is 11.1 Å². The van der Waals surface area contributed by atoms with E-state index in [2.05, 4.69) is 21.0 Å². The molecule has 0 aliphatic heterocycles. The van der Waals surface area contributed by atoms with Crippen LogP contribution in [0.1, 0.15) is 5.56 Å². The highest BCUT2D eigenvalue weighted by molar-refractivity contribution is 9.10. The van der Waals surface area contributed by atoms with Crippen molar-refractivity contribution in [1.82, 2.24) is 9.78 Å². The molecule has 5 heteroatoms. The summed E-state index contributed by atoms with van der Waals surface area (Å²) in [7, 11) is 0. The second kappa shape index (κ2) is 6.84. The highest BCUT2D eigenvalue weighted by Crippen LogP contribution is 2.26. The average Bonchev–Trinajstić information content (AvgIpc) is 2.66. The van der Waals surface area contributed by atoms with Gasteiger partial charge < -0.3 is 0 Å². The summed E-state index contributed by atoms with van der Waals surface area (Å²) in [6, 6.07) is 20.2. The lowest BCUT2D eigenvalue weighted by Gasteiger charge is -2.11. The largest absolute Gasteiger partial charge is 0.276 e. The van der Waals surface area contributed by atoms with Crippen molar-refractivity contribution in [1.29, 1.82) is 0 Å². The summed E-state index contributed by atoms with van der Waals surface area (Å²) in [5.41, 5.74) is 1.19. The zero-order valence-corrected chi connectivity index (χ0v) is 15.3. The van der Waals surface area contributed by atoms with Crippen LogP contribution in [0, 0.1) is 5.82 Å². The predicted molar refractivity (Wildman–Crippen MR) is 105 cm³/mol. The number of benzene rings is 3. The van der Waals surface area contributed by atoms with Crippen LogP contribution in [0.25, 0.3) is 21.9 Å². The Hall–Kier alpha value is -2.79. The molecule has 3 nitrogen and oxygen atoms in total. The molecule has 1 aromatic heterocycles. The molecule has 128 valence electrons. The zero-order valence-electron chi connectivity index (χ0n) is 13.7. The summed E-state index contributed by atoms with van der Waals surface area (Å²) in [6.07, 6.45) is 1.54. The molecule has 0 saturated heterocycles. The molecule has 0 saturated carbocycles. The number of aromatic nitrogens is 2. The zero-order chi connectivity index (χ0) is 18.1. The molecule has 0 fully saturated rings. The molecule has 4 rings (SSSR count). The normalized spacial score (nSPS) is 11.0. The fourth-order valence-corrected chi connectivity index (χ4v) is 3.56. The van der Waals surface area contributed by atoms with Gasteiger partial charge in [-0.15, -0.1) is 0 Å². The van der Waals surface area contributed by atoms with E-state index < -0.39 is 5.82 Å². The van der Waals surface area contributed by atoms with E-state index in [1.807, 2.05) is 42.5 Å². The van der Waals surface area contributed by atoms with Crippen molar-refractivity contribution >= 4 is 26.7 Å². The summed E-state index contributed by atoms with van der Waals surface area (Å²) >= 11 is 3.33. The summed E-state index contributed by atoms with van der Waals surface area (Å²) < 4.78 is 16.1. The van der Waals surface area contributed by atoms with Gasteiger partial charge in [-0.05, 0) is 38.3 Å². The van der Waals surface area contributed by atoms with Gasteiger partial charge in [0, 0.05) is 5.56 Å². The lowest BCUT2D eigenvalue weighted by Crippen LogP contribution is -2.25. The lowest BCUT2D eigenvalue weighted by molar-refractivity contribution is 0.624. The van der Waals surface area contributed by atoms with Crippen molar-refractivity contribution < 1.29 is 4.39 Å². The maximum absolute atomic E-state index is 14.2. The van der Waals surface area contributed by atoms with E-state index in [9.17, 15) is 9.18 Å². The van der Waals surface area contributed by atoms with E-state index in [1.54, 1.807) is 18.2 Å². The third-order valence-electron chi connectivity index (χ3n) is 4.34. The maximum atomic E-state index is 14.2. The van der Waals surface area contributed by atoms with Crippen molar-refractivity contribution in [2.45, 2.75) is 6.54 Å². The van der Waals surface area contributed by atoms with E-state index in [-0.39, 0.29) is 16.7 Å². The first-order valence-electron chi connectivity index (χ1n) is 8.12. The van der Waals surface area contributed by atoms with Gasteiger partial charge in [-0.1, -0.05) is 60.7 Å². The van der Waals surface area contributed by atoms with Crippen LogP contribution in [0.4, 0.5) is 4.39 Å². The van der Waals surface area contributed by atoms with Gasteiger partial charge >= 0.3 is 0 Å². The second-order valence-electron chi connectivity index (χ2n) is 5.95. The molecule has 0 radical (unpaired) electrons. The first kappa shape index (κ1) is 16.7. The average molecular weight is 409 g/mol. The van der Waals surface area contributed by atoms with E-state index in [4.69, 9.17) is 0 Å². The van der Waals surface area contributed by atoms with Crippen molar-refractivity contribution in [3.05, 3.63) is 99.1 Å². The van der Waals surface area contributed by atoms with Gasteiger partial charge in [0.2, 0.25) is 0 Å². The highest BCUT2D eigenvalue weighted by Gasteiger charge is 2.16. The summed E-state index contributed by atoms with van der Waals surface area (Å²) in [5.74, 6) is -0.437. The van der Waals surface area contributed by atoms with Crippen LogP contribution in [-0.2, 0) is 6.54 Å². The molecular formula is C21H14BrFN2O. The van der Waals surface area contributed by atoms with Crippen LogP contribution < -0.4 is 5.56 Å². The minimum atomic E-state index is -0.437. The molecule has 0 aliphatic carbocycles. The monoisotopic (exact) mass is 408 g/mol. The Kier molecular flexibility index (Phi) is 4.39. The van der Waals surface area contributed by atoms with E-state index in [0.29, 0.717) is 11.0 Å². The number of halogens is 2. The topological polar surface area (TPSA) is 34.9 Å². The Morgan fingerprint density at radius 2 is 1.69 bits per heavy atom. The Bertz CT molecular complexity index is 1160. The van der Waals surface area contributed by atoms with Crippen LogP contribution in [0.3, 0.4) is 0 Å². The summed E-state index contributed by atoms with van der Waals surface area (Å²) in [6.45, 7) is 0.314. The number of fused-ring (bicyclic) bond motifs is 1. The molecule has 0 spiro atoms. The minimum Gasteiger partial charge on any atom is -0.267 e. The Morgan fingerprint density at radius 3 is 2.54 bits per heavy atom. The van der Waals surface area contributed by atoms with Gasteiger partial charge in [-0.25, -0.2) is 9.07 Å². The number of hydrogen-bond acceptors (Lipinski definition) is 2. The van der Waals surface area contributed by atoms with E-state index >= 15 is 0 Å². The van der Waals surface area contributed by atoms with Gasteiger partial charge in [0.1, 0.15) is 5.82 Å². The van der Waals surface area contributed by atoms with Crippen LogP contribution >= 0.6 is 15.9 Å². The minimum absolute atomic E-state index is 0.262. The molecule has 1 heterocycles. The van der Waals surface area contributed by atoms with Crippen molar-refractivity contribution in [2.24, 2.45) is 0 Å². The fraction of sp³-hybridized carbons (Fsp3) is 0.0476. The quantitative estimate of drug-likeness (QED) is 0.477. The fourth-order valence-electron chi connectivity index (χ4n) is 3.08. The predicted octanol–water partition coefficient (Wildman–Crippen LogP) is 5.01. The van der Waals surface area contributed by atoms with Gasteiger partial charge in [0.25, 0.3) is 5.56 Å². The third-order valence-corrected chi connectivity index (χ3v) is 4.94. The molecule has 0 unspecified atom stereocenters. The first-order valence-corrected chi connectivity index (χ1v) is 8.91. The third kappa shape index (κ3) is 2.95. The molecule has 4 aromatic rings. The van der Waals surface area contributed by atoms with Crippen LogP contribution in [0.5, 0.6) is 0 Å². The van der Waals surface area contributed by atoms with Crippen molar-refractivity contribution in [2.75, 3.05) is 0 Å². The molecular weight excluding hydrogens is 395 g/mol. The second-order valence-corrected chi connectivity index (χ2v) is 6.80. The standard InChI is InChI=1S/C21H14BrFN2O/c22-18-12-24-25(21(26)20(18)17-10-3-4-11-19(17)23)13-15-8-5-7-14-6-1-2-9-16(14)15/h1-12H,13H2. The Labute approximate surface area is 157 Å². The number of rotatable bonds is 3. The highest BCUT2D eigenvalue weighted by atomic mass is 79.9. The molecule has 0 atom stereocenters. The van der Waals surface area contributed by atoms with E-state index in [0.717, 1.165) is 16.3 Å². The first-order chi connectivity index (χ1) is 12.6. The number of nitrogens with zero attached hydrogens (tertiary/aromatic N) is 2. The SMILES string of the molecule is O=c1c(-c2ccccc2F)c(Br)cnn1Cc1cccc2ccccc12. The molecule has 26 heavy (non-hydrogen) atoms. The number of hydrogen-bond donors (Lipinski definition) is 0. The molecule has 0 N–H and O–H groups in total. The van der Waals surface area contributed by atoms with Crippen LogP contribution in [0.2, 0.25) is 0 Å². The Balaban J connectivity index is 1.85. The van der Waals surface area contributed by atoms with Gasteiger partial charge in [0.05, 0.1) is 22.8 Å². The molecule has 0 bridgehead atoms.